The topological polar surface area (TPSA) is 90.9 Å². The standard InChI is InChI=1S/C20H25N3O4/c1-23(2)16-10-8-14(9-11-16)17(24)13-22-20(26)19(25)21-12-15-6-4-5-7-18(15)27-3/h4-11,17,24H,12-13H2,1-3H3,(H,21,25)(H,22,26). The molecule has 144 valence electrons. The summed E-state index contributed by atoms with van der Waals surface area (Å²) in [6.45, 7) is 0.118. The molecule has 0 saturated heterocycles. The summed E-state index contributed by atoms with van der Waals surface area (Å²) in [5, 5.41) is 15.2. The van der Waals surface area contributed by atoms with Crippen molar-refractivity contribution < 1.29 is 19.4 Å². The first kappa shape index (κ1) is 20.3. The molecule has 0 radical (unpaired) electrons. The number of methoxy groups -OCH3 is 1. The summed E-state index contributed by atoms with van der Waals surface area (Å²) >= 11 is 0. The van der Waals surface area contributed by atoms with Gasteiger partial charge in [-0.25, -0.2) is 0 Å². The number of ether oxygens (including phenoxy) is 1. The number of rotatable bonds is 7. The molecule has 2 aromatic rings. The highest BCUT2D eigenvalue weighted by molar-refractivity contribution is 6.35. The average molecular weight is 371 g/mol. The Morgan fingerprint density at radius 3 is 2.30 bits per heavy atom. The van der Waals surface area contributed by atoms with Crippen LogP contribution in [0.3, 0.4) is 0 Å². The summed E-state index contributed by atoms with van der Waals surface area (Å²) in [6, 6.07) is 14.5. The van der Waals surface area contributed by atoms with E-state index in [1.54, 1.807) is 31.4 Å². The van der Waals surface area contributed by atoms with E-state index < -0.39 is 17.9 Å². The predicted molar refractivity (Wildman–Crippen MR) is 104 cm³/mol. The van der Waals surface area contributed by atoms with Crippen LogP contribution in [0.1, 0.15) is 17.2 Å². The molecular formula is C20H25N3O4. The van der Waals surface area contributed by atoms with E-state index in [2.05, 4.69) is 10.6 Å². The van der Waals surface area contributed by atoms with Crippen LogP contribution in [0.4, 0.5) is 5.69 Å². The summed E-state index contributed by atoms with van der Waals surface area (Å²) in [6.07, 6.45) is -0.896. The smallest absolute Gasteiger partial charge is 0.309 e. The molecule has 2 rings (SSSR count). The van der Waals surface area contributed by atoms with Crippen LogP contribution in [0, 0.1) is 0 Å². The van der Waals surface area contributed by atoms with Crippen LogP contribution in [-0.2, 0) is 16.1 Å². The zero-order chi connectivity index (χ0) is 19.8. The number of carbonyl (C=O) groups excluding carboxylic acids is 2. The number of anilines is 1. The van der Waals surface area contributed by atoms with E-state index in [1.807, 2.05) is 43.3 Å². The zero-order valence-electron chi connectivity index (χ0n) is 15.7. The van der Waals surface area contributed by atoms with Crippen molar-refractivity contribution in [3.63, 3.8) is 0 Å². The molecule has 0 spiro atoms. The van der Waals surface area contributed by atoms with Gasteiger partial charge in [0.25, 0.3) is 0 Å². The van der Waals surface area contributed by atoms with Crippen LogP contribution in [0.2, 0.25) is 0 Å². The van der Waals surface area contributed by atoms with Gasteiger partial charge in [0.1, 0.15) is 5.75 Å². The molecule has 2 aromatic carbocycles. The van der Waals surface area contributed by atoms with E-state index in [4.69, 9.17) is 4.74 Å². The quantitative estimate of drug-likeness (QED) is 0.637. The van der Waals surface area contributed by atoms with Crippen molar-refractivity contribution >= 4 is 17.5 Å². The fraction of sp³-hybridized carbons (Fsp3) is 0.300. The third kappa shape index (κ3) is 5.72. The van der Waals surface area contributed by atoms with Crippen LogP contribution >= 0.6 is 0 Å². The monoisotopic (exact) mass is 371 g/mol. The number of hydrogen-bond donors (Lipinski definition) is 3. The van der Waals surface area contributed by atoms with Gasteiger partial charge in [-0.2, -0.15) is 0 Å². The molecular weight excluding hydrogens is 346 g/mol. The molecule has 0 aliphatic rings. The number of hydrogen-bond acceptors (Lipinski definition) is 5. The van der Waals surface area contributed by atoms with Crippen molar-refractivity contribution in [2.45, 2.75) is 12.6 Å². The minimum absolute atomic E-state index is 0.0534. The van der Waals surface area contributed by atoms with Gasteiger partial charge >= 0.3 is 11.8 Å². The van der Waals surface area contributed by atoms with Crippen molar-refractivity contribution in [2.75, 3.05) is 32.6 Å². The predicted octanol–water partition coefficient (Wildman–Crippen LogP) is 1.23. The second kappa shape index (κ2) is 9.59. The van der Waals surface area contributed by atoms with Crippen molar-refractivity contribution in [2.24, 2.45) is 0 Å². The van der Waals surface area contributed by atoms with E-state index in [1.165, 1.54) is 0 Å². The van der Waals surface area contributed by atoms with Crippen LogP contribution < -0.4 is 20.3 Å². The molecule has 0 aliphatic carbocycles. The maximum absolute atomic E-state index is 11.9. The van der Waals surface area contributed by atoms with E-state index >= 15 is 0 Å². The van der Waals surface area contributed by atoms with E-state index in [-0.39, 0.29) is 13.1 Å². The van der Waals surface area contributed by atoms with Gasteiger partial charge in [0, 0.05) is 38.4 Å². The lowest BCUT2D eigenvalue weighted by atomic mass is 10.1. The molecule has 1 atom stereocenters. The first-order chi connectivity index (χ1) is 12.9. The second-order valence-electron chi connectivity index (χ2n) is 6.21. The highest BCUT2D eigenvalue weighted by Gasteiger charge is 2.16. The summed E-state index contributed by atoms with van der Waals surface area (Å²) in [5.41, 5.74) is 2.43. The maximum Gasteiger partial charge on any atom is 0.309 e. The van der Waals surface area contributed by atoms with Gasteiger partial charge < -0.3 is 25.4 Å². The number of amides is 2. The SMILES string of the molecule is COc1ccccc1CNC(=O)C(=O)NCC(O)c1ccc(N(C)C)cc1. The number of nitrogens with one attached hydrogen (secondary N) is 2. The highest BCUT2D eigenvalue weighted by Crippen LogP contribution is 2.18. The zero-order valence-corrected chi connectivity index (χ0v) is 15.7. The van der Waals surface area contributed by atoms with Crippen molar-refractivity contribution in [3.8, 4) is 5.75 Å². The number of carbonyl (C=O) groups is 2. The van der Waals surface area contributed by atoms with Crippen LogP contribution in [0.15, 0.2) is 48.5 Å². The first-order valence-electron chi connectivity index (χ1n) is 8.55. The van der Waals surface area contributed by atoms with Crippen molar-refractivity contribution in [1.82, 2.24) is 10.6 Å². The Morgan fingerprint density at radius 1 is 1.04 bits per heavy atom. The maximum atomic E-state index is 11.9. The summed E-state index contributed by atoms with van der Waals surface area (Å²) in [7, 11) is 5.39. The Bertz CT molecular complexity index is 775. The molecule has 0 saturated carbocycles. The molecule has 0 fully saturated rings. The third-order valence-corrected chi connectivity index (χ3v) is 4.09. The van der Waals surface area contributed by atoms with Gasteiger partial charge in [0.05, 0.1) is 13.2 Å². The van der Waals surface area contributed by atoms with Crippen LogP contribution in [0.25, 0.3) is 0 Å². The number of benzene rings is 2. The van der Waals surface area contributed by atoms with E-state index in [0.29, 0.717) is 11.3 Å². The largest absolute Gasteiger partial charge is 0.496 e. The molecule has 7 heteroatoms. The molecule has 3 N–H and O–H groups in total. The average Bonchev–Trinajstić information content (AvgIpc) is 2.70. The molecule has 27 heavy (non-hydrogen) atoms. The molecule has 7 nitrogen and oxygen atoms in total. The summed E-state index contributed by atoms with van der Waals surface area (Å²) in [4.78, 5) is 25.8. The minimum atomic E-state index is -0.896. The summed E-state index contributed by atoms with van der Waals surface area (Å²) in [5.74, 6) is -0.931. The molecule has 0 aromatic heterocycles. The van der Waals surface area contributed by atoms with Gasteiger partial charge in [-0.15, -0.1) is 0 Å². The number of aliphatic hydroxyl groups excluding tert-OH is 1. The van der Waals surface area contributed by atoms with Crippen molar-refractivity contribution in [3.05, 3.63) is 59.7 Å². The molecule has 2 amide bonds. The highest BCUT2D eigenvalue weighted by atomic mass is 16.5. The first-order valence-corrected chi connectivity index (χ1v) is 8.55. The molecule has 0 heterocycles. The van der Waals surface area contributed by atoms with Gasteiger partial charge in [-0.3, -0.25) is 9.59 Å². The van der Waals surface area contributed by atoms with E-state index in [9.17, 15) is 14.7 Å². The van der Waals surface area contributed by atoms with E-state index in [0.717, 1.165) is 11.3 Å². The molecule has 0 bridgehead atoms. The Kier molecular flexibility index (Phi) is 7.19. The minimum Gasteiger partial charge on any atom is -0.496 e. The Balaban J connectivity index is 1.82. The summed E-state index contributed by atoms with van der Waals surface area (Å²) < 4.78 is 5.20. The van der Waals surface area contributed by atoms with Gasteiger partial charge in [0.15, 0.2) is 0 Å². The van der Waals surface area contributed by atoms with Crippen molar-refractivity contribution in [1.29, 1.82) is 0 Å². The fourth-order valence-corrected chi connectivity index (χ4v) is 2.49. The van der Waals surface area contributed by atoms with Gasteiger partial charge in [0.2, 0.25) is 0 Å². The number of aliphatic hydroxyl groups is 1. The number of para-hydroxylation sites is 1. The second-order valence-corrected chi connectivity index (χ2v) is 6.21. The van der Waals surface area contributed by atoms with Crippen LogP contribution in [0.5, 0.6) is 5.75 Å². The lowest BCUT2D eigenvalue weighted by Gasteiger charge is -2.15. The third-order valence-electron chi connectivity index (χ3n) is 4.09. The normalized spacial score (nSPS) is 11.4. The Morgan fingerprint density at radius 2 is 1.67 bits per heavy atom. The fourth-order valence-electron chi connectivity index (χ4n) is 2.49. The van der Waals surface area contributed by atoms with Gasteiger partial charge in [-0.1, -0.05) is 30.3 Å². The Labute approximate surface area is 158 Å². The number of nitrogens with zero attached hydrogens (tertiary/aromatic N) is 1. The van der Waals surface area contributed by atoms with Gasteiger partial charge in [-0.05, 0) is 23.8 Å². The Hall–Kier alpha value is -3.06. The van der Waals surface area contributed by atoms with Crippen LogP contribution in [-0.4, -0.2) is 44.7 Å². The lowest BCUT2D eigenvalue weighted by molar-refractivity contribution is -0.139. The lowest BCUT2D eigenvalue weighted by Crippen LogP contribution is -2.41. The molecule has 1 unspecified atom stereocenters. The molecule has 0 aliphatic heterocycles.